The number of fused-ring (bicyclic) bond motifs is 1. The summed E-state index contributed by atoms with van der Waals surface area (Å²) < 4.78 is 25.0. The van der Waals surface area contributed by atoms with E-state index in [4.69, 9.17) is 14.5 Å². The van der Waals surface area contributed by atoms with Crippen LogP contribution in [0.3, 0.4) is 0 Å². The fourth-order valence-corrected chi connectivity index (χ4v) is 5.33. The molecule has 41 heavy (non-hydrogen) atoms. The van der Waals surface area contributed by atoms with Crippen molar-refractivity contribution in [1.29, 1.82) is 5.26 Å². The van der Waals surface area contributed by atoms with E-state index in [2.05, 4.69) is 38.1 Å². The van der Waals surface area contributed by atoms with Crippen LogP contribution in [0.1, 0.15) is 25.3 Å². The monoisotopic (exact) mass is 555 g/mol. The Kier molecular flexibility index (Phi) is 7.48. The zero-order chi connectivity index (χ0) is 28.3. The lowest BCUT2D eigenvalue weighted by atomic mass is 10.0. The van der Waals surface area contributed by atoms with Gasteiger partial charge in [-0.3, -0.25) is 4.79 Å². The Labute approximate surface area is 236 Å². The lowest BCUT2D eigenvalue weighted by Gasteiger charge is -2.32. The number of carbonyl (C=O) groups excluding carboxylic acids is 1. The van der Waals surface area contributed by atoms with Crippen molar-refractivity contribution in [1.82, 2.24) is 24.8 Å². The van der Waals surface area contributed by atoms with Gasteiger partial charge in [0.25, 0.3) is 5.91 Å². The molecule has 2 fully saturated rings. The molecule has 2 saturated heterocycles. The molecule has 2 aromatic carbocycles. The van der Waals surface area contributed by atoms with Crippen LogP contribution in [0.5, 0.6) is 5.75 Å². The van der Waals surface area contributed by atoms with E-state index >= 15 is 0 Å². The number of carbonyl (C=O) groups is 1. The van der Waals surface area contributed by atoms with E-state index in [1.54, 1.807) is 12.1 Å². The Morgan fingerprint density at radius 2 is 1.83 bits per heavy atom. The molecule has 210 valence electrons. The Morgan fingerprint density at radius 1 is 1.10 bits per heavy atom. The molecular formula is C30H30FN7O3. The summed E-state index contributed by atoms with van der Waals surface area (Å²) in [5.74, 6) is 0.659. The SMILES string of the molecule is CC(F)C(=O)N1CCC(Oc2ccc(-c3ncnc4nc(-c5ccc(N6CCOCC6)cc5)[nH]c34)cc2C#N)CC1. The molecule has 4 aromatic rings. The zero-order valence-electron chi connectivity index (χ0n) is 22.7. The van der Waals surface area contributed by atoms with Crippen molar-refractivity contribution in [2.75, 3.05) is 44.3 Å². The first-order chi connectivity index (χ1) is 20.0. The molecule has 1 unspecified atom stereocenters. The number of ether oxygens (including phenoxy) is 2. The molecule has 1 amide bonds. The molecule has 0 aliphatic carbocycles. The first-order valence-electron chi connectivity index (χ1n) is 13.8. The number of aromatic nitrogens is 4. The maximum Gasteiger partial charge on any atom is 0.256 e. The molecule has 0 saturated carbocycles. The number of likely N-dealkylation sites (tertiary alicyclic amines) is 1. The molecule has 0 radical (unpaired) electrons. The highest BCUT2D eigenvalue weighted by atomic mass is 19.1. The van der Waals surface area contributed by atoms with Crippen LogP contribution in [0.15, 0.2) is 48.8 Å². The first kappa shape index (κ1) is 26.7. The molecule has 6 rings (SSSR count). The number of hydrogen-bond donors (Lipinski definition) is 1. The van der Waals surface area contributed by atoms with Crippen molar-refractivity contribution < 1.29 is 18.7 Å². The van der Waals surface area contributed by atoms with Gasteiger partial charge >= 0.3 is 0 Å². The summed E-state index contributed by atoms with van der Waals surface area (Å²) in [4.78, 5) is 32.7. The minimum atomic E-state index is -1.51. The third-order valence-electron chi connectivity index (χ3n) is 7.57. The maximum absolute atomic E-state index is 13.4. The normalized spacial score (nSPS) is 16.9. The number of morpholine rings is 1. The lowest BCUT2D eigenvalue weighted by molar-refractivity contribution is -0.137. The minimum Gasteiger partial charge on any atom is -0.489 e. The van der Waals surface area contributed by atoms with Crippen LogP contribution >= 0.6 is 0 Å². The van der Waals surface area contributed by atoms with Crippen LogP contribution in [0.4, 0.5) is 10.1 Å². The number of imidazole rings is 1. The van der Waals surface area contributed by atoms with Gasteiger partial charge in [-0.2, -0.15) is 5.26 Å². The highest BCUT2D eigenvalue weighted by Crippen LogP contribution is 2.32. The van der Waals surface area contributed by atoms with Crippen LogP contribution in [0, 0.1) is 11.3 Å². The molecule has 2 aliphatic heterocycles. The van der Waals surface area contributed by atoms with Crippen molar-refractivity contribution in [3.8, 4) is 34.5 Å². The van der Waals surface area contributed by atoms with Crippen molar-refractivity contribution in [2.24, 2.45) is 0 Å². The largest absolute Gasteiger partial charge is 0.489 e. The number of rotatable bonds is 6. The minimum absolute atomic E-state index is 0.164. The van der Waals surface area contributed by atoms with Gasteiger partial charge in [0, 0.05) is 55.8 Å². The summed E-state index contributed by atoms with van der Waals surface area (Å²) in [7, 11) is 0. The predicted octanol–water partition coefficient (Wildman–Crippen LogP) is 4.12. The van der Waals surface area contributed by atoms with E-state index in [0.29, 0.717) is 59.9 Å². The Bertz CT molecular complexity index is 1580. The van der Waals surface area contributed by atoms with Crippen LogP contribution in [-0.2, 0) is 9.53 Å². The quantitative estimate of drug-likeness (QED) is 0.377. The second kappa shape index (κ2) is 11.5. The molecule has 1 N–H and O–H groups in total. The number of piperidine rings is 1. The van der Waals surface area contributed by atoms with E-state index in [9.17, 15) is 14.4 Å². The first-order valence-corrected chi connectivity index (χ1v) is 13.8. The number of alkyl halides is 1. The highest BCUT2D eigenvalue weighted by Gasteiger charge is 2.27. The average Bonchev–Trinajstić information content (AvgIpc) is 3.46. The molecule has 4 heterocycles. The van der Waals surface area contributed by atoms with Gasteiger partial charge < -0.3 is 24.3 Å². The Morgan fingerprint density at radius 3 is 2.54 bits per heavy atom. The maximum atomic E-state index is 13.4. The van der Waals surface area contributed by atoms with Crippen LogP contribution < -0.4 is 9.64 Å². The van der Waals surface area contributed by atoms with Gasteiger partial charge in [-0.25, -0.2) is 19.3 Å². The number of aromatic amines is 1. The van der Waals surface area contributed by atoms with Gasteiger partial charge in [0.05, 0.1) is 24.5 Å². The third kappa shape index (κ3) is 5.56. The number of nitrogens with zero attached hydrogens (tertiary/aromatic N) is 6. The third-order valence-corrected chi connectivity index (χ3v) is 7.57. The summed E-state index contributed by atoms with van der Waals surface area (Å²) in [6, 6.07) is 15.8. The van der Waals surface area contributed by atoms with E-state index < -0.39 is 12.1 Å². The number of nitrogens with one attached hydrogen (secondary N) is 1. The highest BCUT2D eigenvalue weighted by molar-refractivity contribution is 5.89. The van der Waals surface area contributed by atoms with Crippen molar-refractivity contribution >= 4 is 22.8 Å². The molecular weight excluding hydrogens is 525 g/mol. The number of benzene rings is 2. The molecule has 10 nitrogen and oxygen atoms in total. The molecule has 0 spiro atoms. The molecule has 0 bridgehead atoms. The number of anilines is 1. The number of H-pyrrole nitrogens is 1. The van der Waals surface area contributed by atoms with Gasteiger partial charge in [0.15, 0.2) is 11.8 Å². The molecule has 11 heteroatoms. The van der Waals surface area contributed by atoms with E-state index in [0.717, 1.165) is 43.1 Å². The zero-order valence-corrected chi connectivity index (χ0v) is 22.7. The fourth-order valence-electron chi connectivity index (χ4n) is 5.33. The Hall–Kier alpha value is -4.56. The van der Waals surface area contributed by atoms with Gasteiger partial charge in [-0.05, 0) is 49.4 Å². The number of hydrogen-bond acceptors (Lipinski definition) is 8. The second-order valence-electron chi connectivity index (χ2n) is 10.2. The number of amides is 1. The standard InChI is InChI=1S/C30H30FN7O3/c1-19(31)30(39)38-10-8-24(9-11-38)41-25-7-4-21(16-22(25)17-32)26-27-29(34-18-33-26)36-28(35-27)20-2-5-23(6-3-20)37-12-14-40-15-13-37/h2-7,16,18-19,24H,8-15H2,1H3,(H,33,34,35,36). The van der Waals surface area contributed by atoms with Crippen LogP contribution in [0.2, 0.25) is 0 Å². The van der Waals surface area contributed by atoms with Crippen LogP contribution in [0.25, 0.3) is 33.8 Å². The van der Waals surface area contributed by atoms with Crippen molar-refractivity contribution in [3.63, 3.8) is 0 Å². The summed E-state index contributed by atoms with van der Waals surface area (Å²) in [5.41, 5.74) is 5.03. The van der Waals surface area contributed by atoms with Crippen molar-refractivity contribution in [3.05, 3.63) is 54.4 Å². The summed E-state index contributed by atoms with van der Waals surface area (Å²) in [6.45, 7) is 5.31. The van der Waals surface area contributed by atoms with E-state index in [1.165, 1.54) is 18.2 Å². The number of nitriles is 1. The molecule has 1 atom stereocenters. The van der Waals surface area contributed by atoms with E-state index in [1.807, 2.05) is 18.2 Å². The van der Waals surface area contributed by atoms with Gasteiger partial charge in [-0.1, -0.05) is 0 Å². The van der Waals surface area contributed by atoms with Crippen LogP contribution in [-0.4, -0.2) is 82.4 Å². The average molecular weight is 556 g/mol. The summed E-state index contributed by atoms with van der Waals surface area (Å²) >= 11 is 0. The van der Waals surface area contributed by atoms with Gasteiger partial charge in [-0.15, -0.1) is 0 Å². The fraction of sp³-hybridized carbons (Fsp3) is 0.367. The summed E-state index contributed by atoms with van der Waals surface area (Å²) in [6.07, 6.45) is 0.935. The Balaban J connectivity index is 1.21. The number of halogens is 1. The topological polar surface area (TPSA) is 120 Å². The summed E-state index contributed by atoms with van der Waals surface area (Å²) in [5, 5.41) is 9.89. The second-order valence-corrected chi connectivity index (χ2v) is 10.2. The molecule has 2 aliphatic rings. The van der Waals surface area contributed by atoms with E-state index in [-0.39, 0.29) is 6.10 Å². The lowest BCUT2D eigenvalue weighted by Crippen LogP contribution is -2.44. The predicted molar refractivity (Wildman–Crippen MR) is 151 cm³/mol. The smallest absolute Gasteiger partial charge is 0.256 e. The van der Waals surface area contributed by atoms with Crippen molar-refractivity contribution in [2.45, 2.75) is 32.0 Å². The van der Waals surface area contributed by atoms with Gasteiger partial charge in [0.2, 0.25) is 0 Å². The molecule has 2 aromatic heterocycles. The van der Waals surface area contributed by atoms with Gasteiger partial charge in [0.1, 0.15) is 35.6 Å².